The number of benzene rings is 1. The molecule has 0 N–H and O–H groups in total. The molecule has 3 fully saturated rings. The van der Waals surface area contributed by atoms with E-state index in [1.807, 2.05) is 6.07 Å². The number of nitrogens with zero attached hydrogens (tertiary/aromatic N) is 1. The molecule has 3 aliphatic rings. The first-order valence-electron chi connectivity index (χ1n) is 8.71. The van der Waals surface area contributed by atoms with Crippen LogP contribution in [0.3, 0.4) is 0 Å². The molecule has 0 amide bonds. The van der Waals surface area contributed by atoms with Crippen LogP contribution in [0.2, 0.25) is 0 Å². The normalized spacial score (nSPS) is 33.7. The van der Waals surface area contributed by atoms with Crippen molar-refractivity contribution >= 4 is 0 Å². The molecule has 1 aromatic rings. The van der Waals surface area contributed by atoms with Gasteiger partial charge in [0.2, 0.25) is 0 Å². The third-order valence-electron chi connectivity index (χ3n) is 6.29. The van der Waals surface area contributed by atoms with Crippen molar-refractivity contribution in [2.75, 3.05) is 13.1 Å². The van der Waals surface area contributed by atoms with E-state index in [0.717, 1.165) is 36.3 Å². The molecule has 0 unspecified atom stereocenters. The molecular formula is C19H26FN. The lowest BCUT2D eigenvalue weighted by molar-refractivity contribution is 0.110. The van der Waals surface area contributed by atoms with Gasteiger partial charge in [0, 0.05) is 6.04 Å². The molecule has 21 heavy (non-hydrogen) atoms. The Morgan fingerprint density at radius 3 is 2.52 bits per heavy atom. The lowest BCUT2D eigenvalue weighted by Gasteiger charge is -2.39. The van der Waals surface area contributed by atoms with Crippen molar-refractivity contribution in [3.05, 3.63) is 35.1 Å². The van der Waals surface area contributed by atoms with Gasteiger partial charge in [-0.25, -0.2) is 4.39 Å². The Hall–Kier alpha value is -0.890. The second kappa shape index (κ2) is 5.39. The second-order valence-corrected chi connectivity index (χ2v) is 7.58. The fourth-order valence-corrected chi connectivity index (χ4v) is 5.18. The maximum atomic E-state index is 14.1. The number of piperidine rings is 1. The Morgan fingerprint density at radius 1 is 1.05 bits per heavy atom. The Bertz CT molecular complexity index is 518. The highest BCUT2D eigenvalue weighted by molar-refractivity contribution is 5.27. The number of halogens is 1. The second-order valence-electron chi connectivity index (χ2n) is 7.58. The molecule has 2 saturated carbocycles. The van der Waals surface area contributed by atoms with Gasteiger partial charge in [-0.3, -0.25) is 0 Å². The van der Waals surface area contributed by atoms with Crippen molar-refractivity contribution in [2.24, 2.45) is 11.8 Å². The van der Waals surface area contributed by atoms with Crippen LogP contribution in [0.5, 0.6) is 0 Å². The lowest BCUT2D eigenvalue weighted by atomic mass is 9.86. The van der Waals surface area contributed by atoms with Gasteiger partial charge in [-0.05, 0) is 81.5 Å². The monoisotopic (exact) mass is 287 g/mol. The Balaban J connectivity index is 1.41. The predicted molar refractivity (Wildman–Crippen MR) is 83.9 cm³/mol. The Labute approximate surface area is 127 Å². The van der Waals surface area contributed by atoms with E-state index in [4.69, 9.17) is 0 Å². The van der Waals surface area contributed by atoms with Gasteiger partial charge in [0.15, 0.2) is 0 Å². The first kappa shape index (κ1) is 13.8. The molecular weight excluding hydrogens is 261 g/mol. The number of aryl methyl sites for hydroxylation is 1. The largest absolute Gasteiger partial charge is 0.300 e. The molecule has 1 nitrogen and oxygen atoms in total. The molecule has 2 heteroatoms. The van der Waals surface area contributed by atoms with E-state index in [9.17, 15) is 4.39 Å². The van der Waals surface area contributed by atoms with Crippen molar-refractivity contribution in [3.8, 4) is 0 Å². The zero-order valence-electron chi connectivity index (χ0n) is 13.0. The summed E-state index contributed by atoms with van der Waals surface area (Å²) in [7, 11) is 0. The number of likely N-dealkylation sites (tertiary alicyclic amines) is 1. The average Bonchev–Trinajstić information content (AvgIpc) is 3.13. The molecule has 1 saturated heterocycles. The summed E-state index contributed by atoms with van der Waals surface area (Å²) in [6.45, 7) is 4.41. The molecule has 0 aromatic heterocycles. The summed E-state index contributed by atoms with van der Waals surface area (Å²) in [6, 6.07) is 6.44. The standard InChI is InChI=1S/C19H26FN/c1-13-2-5-18(20)17(10-13)15-6-8-21(9-7-15)19-12-14-3-4-16(19)11-14/h2,5,10,14-16,19H,3-4,6-9,11-12H2,1H3/t14-,16-,19+/m0/s1. The fourth-order valence-electron chi connectivity index (χ4n) is 5.18. The van der Waals surface area contributed by atoms with E-state index < -0.39 is 0 Å². The third-order valence-corrected chi connectivity index (χ3v) is 6.29. The number of fused-ring (bicyclic) bond motifs is 2. The van der Waals surface area contributed by atoms with Gasteiger partial charge in [0.1, 0.15) is 5.82 Å². The minimum absolute atomic E-state index is 0.000951. The van der Waals surface area contributed by atoms with Crippen molar-refractivity contribution in [1.29, 1.82) is 0 Å². The molecule has 0 radical (unpaired) electrons. The van der Waals surface area contributed by atoms with Crippen molar-refractivity contribution in [3.63, 3.8) is 0 Å². The van der Waals surface area contributed by atoms with Crippen LogP contribution in [0.1, 0.15) is 55.6 Å². The first-order chi connectivity index (χ1) is 10.2. The minimum atomic E-state index is -0.000951. The van der Waals surface area contributed by atoms with Gasteiger partial charge in [0.25, 0.3) is 0 Å². The molecule has 4 rings (SSSR count). The van der Waals surface area contributed by atoms with E-state index >= 15 is 0 Å². The highest BCUT2D eigenvalue weighted by Crippen LogP contribution is 2.47. The van der Waals surface area contributed by atoms with E-state index in [2.05, 4.69) is 17.9 Å². The van der Waals surface area contributed by atoms with Gasteiger partial charge >= 0.3 is 0 Å². The van der Waals surface area contributed by atoms with Crippen molar-refractivity contribution < 1.29 is 4.39 Å². The third kappa shape index (κ3) is 2.52. The number of hydrogen-bond acceptors (Lipinski definition) is 1. The van der Waals surface area contributed by atoms with Crippen LogP contribution in [-0.2, 0) is 0 Å². The quantitative estimate of drug-likeness (QED) is 0.774. The van der Waals surface area contributed by atoms with E-state index in [-0.39, 0.29) is 5.82 Å². The summed E-state index contributed by atoms with van der Waals surface area (Å²) in [5.74, 6) is 2.42. The maximum absolute atomic E-state index is 14.1. The van der Waals surface area contributed by atoms with Crippen LogP contribution in [0, 0.1) is 24.6 Å². The summed E-state index contributed by atoms with van der Waals surface area (Å²) < 4.78 is 14.1. The maximum Gasteiger partial charge on any atom is 0.126 e. The molecule has 3 atom stereocenters. The van der Waals surface area contributed by atoms with Gasteiger partial charge < -0.3 is 4.90 Å². The molecule has 2 bridgehead atoms. The number of rotatable bonds is 2. The molecule has 1 heterocycles. The summed E-state index contributed by atoms with van der Waals surface area (Å²) in [5.41, 5.74) is 2.14. The molecule has 0 spiro atoms. The van der Waals surface area contributed by atoms with Gasteiger partial charge in [-0.2, -0.15) is 0 Å². The van der Waals surface area contributed by atoms with Crippen LogP contribution in [0.4, 0.5) is 4.39 Å². The molecule has 1 aliphatic heterocycles. The molecule has 1 aromatic carbocycles. The van der Waals surface area contributed by atoms with E-state index in [1.165, 1.54) is 44.3 Å². The number of hydrogen-bond donors (Lipinski definition) is 0. The summed E-state index contributed by atoms with van der Waals surface area (Å²) in [5, 5.41) is 0. The van der Waals surface area contributed by atoms with Crippen molar-refractivity contribution in [1.82, 2.24) is 4.90 Å². The minimum Gasteiger partial charge on any atom is -0.300 e. The van der Waals surface area contributed by atoms with E-state index in [0.29, 0.717) is 5.92 Å². The zero-order chi connectivity index (χ0) is 14.4. The van der Waals surface area contributed by atoms with Gasteiger partial charge in [-0.15, -0.1) is 0 Å². The summed E-state index contributed by atoms with van der Waals surface area (Å²) in [4.78, 5) is 2.73. The Kier molecular flexibility index (Phi) is 3.53. The molecule has 2 aliphatic carbocycles. The highest BCUT2D eigenvalue weighted by Gasteiger charge is 2.42. The SMILES string of the molecule is Cc1ccc(F)c(C2CCN([C@@H]3C[C@H]4CC[C@H]3C4)CC2)c1. The molecule has 114 valence electrons. The topological polar surface area (TPSA) is 3.24 Å². The summed E-state index contributed by atoms with van der Waals surface area (Å²) >= 11 is 0. The van der Waals surface area contributed by atoms with Crippen LogP contribution in [0.25, 0.3) is 0 Å². The first-order valence-corrected chi connectivity index (χ1v) is 8.71. The van der Waals surface area contributed by atoms with Gasteiger partial charge in [0.05, 0.1) is 0 Å². The summed E-state index contributed by atoms with van der Waals surface area (Å²) in [6.07, 6.45) is 8.13. The van der Waals surface area contributed by atoms with Crippen LogP contribution in [0.15, 0.2) is 18.2 Å². The van der Waals surface area contributed by atoms with Crippen LogP contribution >= 0.6 is 0 Å². The van der Waals surface area contributed by atoms with E-state index in [1.54, 1.807) is 6.07 Å². The zero-order valence-corrected chi connectivity index (χ0v) is 13.0. The highest BCUT2D eigenvalue weighted by atomic mass is 19.1. The smallest absolute Gasteiger partial charge is 0.126 e. The average molecular weight is 287 g/mol. The predicted octanol–water partition coefficient (Wildman–Crippen LogP) is 4.50. The fraction of sp³-hybridized carbons (Fsp3) is 0.684. The Morgan fingerprint density at radius 2 is 1.86 bits per heavy atom. The van der Waals surface area contributed by atoms with Crippen molar-refractivity contribution in [2.45, 2.75) is 57.4 Å². The van der Waals surface area contributed by atoms with Crippen LogP contribution < -0.4 is 0 Å². The lowest BCUT2D eigenvalue weighted by Crippen LogP contribution is -2.43. The van der Waals surface area contributed by atoms with Gasteiger partial charge in [-0.1, -0.05) is 24.1 Å². The van der Waals surface area contributed by atoms with Crippen LogP contribution in [-0.4, -0.2) is 24.0 Å².